The smallest absolute Gasteiger partial charge is 0.336 e. The fourth-order valence-corrected chi connectivity index (χ4v) is 2.26. The molecule has 0 saturated carbocycles. The Morgan fingerprint density at radius 2 is 1.95 bits per heavy atom. The van der Waals surface area contributed by atoms with Gasteiger partial charge >= 0.3 is 5.97 Å². The number of halogens is 1. The maximum atomic E-state index is 11.5. The highest BCUT2D eigenvalue weighted by atomic mass is 35.5. The van der Waals surface area contributed by atoms with Crippen LogP contribution in [-0.4, -0.2) is 18.2 Å². The molecule has 0 saturated heterocycles. The van der Waals surface area contributed by atoms with E-state index in [1.165, 1.54) is 7.11 Å². The van der Waals surface area contributed by atoms with Gasteiger partial charge in [0.2, 0.25) is 0 Å². The van der Waals surface area contributed by atoms with Crippen LogP contribution >= 0.6 is 11.6 Å². The van der Waals surface area contributed by atoms with Crippen molar-refractivity contribution in [1.29, 1.82) is 0 Å². The first-order valence-corrected chi connectivity index (χ1v) is 6.75. The van der Waals surface area contributed by atoms with Gasteiger partial charge in [0, 0.05) is 0 Å². The Morgan fingerprint density at radius 3 is 2.52 bits per heavy atom. The van der Waals surface area contributed by atoms with E-state index in [1.807, 2.05) is 31.2 Å². The predicted molar refractivity (Wildman–Crippen MR) is 84.7 cm³/mol. The van der Waals surface area contributed by atoms with Crippen molar-refractivity contribution in [3.8, 4) is 5.75 Å². The topological polar surface area (TPSA) is 46.5 Å². The van der Waals surface area contributed by atoms with Crippen molar-refractivity contribution < 1.29 is 14.6 Å². The quantitative estimate of drug-likeness (QED) is 0.677. The van der Waals surface area contributed by atoms with Crippen LogP contribution < -0.4 is 4.74 Å². The van der Waals surface area contributed by atoms with E-state index in [2.05, 4.69) is 0 Å². The Labute approximate surface area is 128 Å². The van der Waals surface area contributed by atoms with Crippen molar-refractivity contribution in [2.24, 2.45) is 0 Å². The fourth-order valence-electron chi connectivity index (χ4n) is 2.01. The SMILES string of the molecule is COc1ccc(/C(=C/c2ccccc2C)C(=O)O)cc1Cl. The Balaban J connectivity index is 2.52. The summed E-state index contributed by atoms with van der Waals surface area (Å²) in [6, 6.07) is 12.5. The summed E-state index contributed by atoms with van der Waals surface area (Å²) in [6.45, 7) is 1.94. The Kier molecular flexibility index (Phi) is 4.66. The molecule has 2 rings (SSSR count). The van der Waals surface area contributed by atoms with E-state index < -0.39 is 5.97 Å². The molecule has 0 heterocycles. The van der Waals surface area contributed by atoms with E-state index in [9.17, 15) is 9.90 Å². The van der Waals surface area contributed by atoms with Crippen molar-refractivity contribution >= 4 is 29.2 Å². The Hall–Kier alpha value is -2.26. The molecular weight excluding hydrogens is 288 g/mol. The molecule has 0 bridgehead atoms. The van der Waals surface area contributed by atoms with Gasteiger partial charge in [-0.1, -0.05) is 41.9 Å². The maximum absolute atomic E-state index is 11.5. The monoisotopic (exact) mass is 302 g/mol. The van der Waals surface area contributed by atoms with Crippen LogP contribution in [0.2, 0.25) is 5.02 Å². The first kappa shape index (κ1) is 15.1. The van der Waals surface area contributed by atoms with Crippen LogP contribution in [0.4, 0.5) is 0 Å². The molecule has 0 aromatic heterocycles. The second-order valence-electron chi connectivity index (χ2n) is 4.57. The molecule has 0 spiro atoms. The van der Waals surface area contributed by atoms with Gasteiger partial charge in [0.1, 0.15) is 5.75 Å². The third-order valence-corrected chi connectivity index (χ3v) is 3.48. The van der Waals surface area contributed by atoms with Gasteiger partial charge in [-0.25, -0.2) is 4.79 Å². The summed E-state index contributed by atoms with van der Waals surface area (Å²) in [7, 11) is 1.52. The molecule has 4 heteroatoms. The maximum Gasteiger partial charge on any atom is 0.336 e. The summed E-state index contributed by atoms with van der Waals surface area (Å²) in [6.07, 6.45) is 1.65. The normalized spacial score (nSPS) is 11.3. The third-order valence-electron chi connectivity index (χ3n) is 3.18. The number of carbonyl (C=O) groups is 1. The summed E-state index contributed by atoms with van der Waals surface area (Å²) < 4.78 is 5.08. The van der Waals surface area contributed by atoms with Gasteiger partial charge in [-0.2, -0.15) is 0 Å². The van der Waals surface area contributed by atoms with Gasteiger partial charge in [-0.05, 0) is 41.8 Å². The molecular formula is C17H15ClO3. The number of benzene rings is 2. The van der Waals surface area contributed by atoms with E-state index in [-0.39, 0.29) is 5.57 Å². The number of aliphatic carboxylic acids is 1. The first-order chi connectivity index (χ1) is 10.0. The van der Waals surface area contributed by atoms with Gasteiger partial charge in [0.05, 0.1) is 17.7 Å². The molecule has 21 heavy (non-hydrogen) atoms. The van der Waals surface area contributed by atoms with Crippen LogP contribution in [0, 0.1) is 6.92 Å². The molecule has 1 N–H and O–H groups in total. The zero-order chi connectivity index (χ0) is 15.4. The third kappa shape index (κ3) is 3.44. The zero-order valence-corrected chi connectivity index (χ0v) is 12.5. The number of hydrogen-bond acceptors (Lipinski definition) is 2. The van der Waals surface area contributed by atoms with E-state index in [0.29, 0.717) is 16.3 Å². The molecule has 0 fully saturated rings. The molecule has 2 aromatic rings. The van der Waals surface area contributed by atoms with Crippen LogP contribution in [0.15, 0.2) is 42.5 Å². The lowest BCUT2D eigenvalue weighted by Crippen LogP contribution is -2.00. The van der Waals surface area contributed by atoms with Gasteiger partial charge in [-0.15, -0.1) is 0 Å². The average Bonchev–Trinajstić information content (AvgIpc) is 2.46. The Bertz CT molecular complexity index is 705. The van der Waals surface area contributed by atoms with E-state index >= 15 is 0 Å². The second-order valence-corrected chi connectivity index (χ2v) is 4.98. The molecule has 0 atom stereocenters. The second kappa shape index (κ2) is 6.46. The minimum absolute atomic E-state index is 0.189. The number of aryl methyl sites for hydroxylation is 1. The molecule has 0 aliphatic heterocycles. The van der Waals surface area contributed by atoms with E-state index in [0.717, 1.165) is 11.1 Å². The minimum atomic E-state index is -1.00. The van der Waals surface area contributed by atoms with E-state index in [4.69, 9.17) is 16.3 Å². The van der Waals surface area contributed by atoms with Crippen molar-refractivity contribution in [1.82, 2.24) is 0 Å². The van der Waals surface area contributed by atoms with Gasteiger partial charge < -0.3 is 9.84 Å². The number of hydrogen-bond donors (Lipinski definition) is 1. The highest BCUT2D eigenvalue weighted by molar-refractivity contribution is 6.32. The van der Waals surface area contributed by atoms with Gasteiger partial charge in [-0.3, -0.25) is 0 Å². The van der Waals surface area contributed by atoms with Crippen LogP contribution in [0.3, 0.4) is 0 Å². The van der Waals surface area contributed by atoms with Crippen LogP contribution in [0.25, 0.3) is 11.6 Å². The number of rotatable bonds is 4. The molecule has 0 aliphatic carbocycles. The van der Waals surface area contributed by atoms with E-state index in [1.54, 1.807) is 24.3 Å². The van der Waals surface area contributed by atoms with Crippen LogP contribution in [0.1, 0.15) is 16.7 Å². The van der Waals surface area contributed by atoms with Crippen LogP contribution in [-0.2, 0) is 4.79 Å². The lowest BCUT2D eigenvalue weighted by molar-refractivity contribution is -0.130. The number of methoxy groups -OCH3 is 1. The molecule has 0 unspecified atom stereocenters. The lowest BCUT2D eigenvalue weighted by Gasteiger charge is -2.08. The highest BCUT2D eigenvalue weighted by Crippen LogP contribution is 2.29. The molecule has 3 nitrogen and oxygen atoms in total. The molecule has 108 valence electrons. The van der Waals surface area contributed by atoms with Gasteiger partial charge in [0.15, 0.2) is 0 Å². The van der Waals surface area contributed by atoms with Crippen molar-refractivity contribution in [2.75, 3.05) is 7.11 Å². The number of ether oxygens (including phenoxy) is 1. The summed E-state index contributed by atoms with van der Waals surface area (Å²) in [4.78, 5) is 11.5. The fraction of sp³-hybridized carbons (Fsp3) is 0.118. The summed E-state index contributed by atoms with van der Waals surface area (Å²) in [5, 5.41) is 9.84. The van der Waals surface area contributed by atoms with Crippen LogP contribution in [0.5, 0.6) is 5.75 Å². The summed E-state index contributed by atoms with van der Waals surface area (Å²) in [5.41, 5.74) is 2.60. The molecule has 2 aromatic carbocycles. The molecule has 0 amide bonds. The Morgan fingerprint density at radius 1 is 1.24 bits per heavy atom. The first-order valence-electron chi connectivity index (χ1n) is 6.37. The minimum Gasteiger partial charge on any atom is -0.495 e. The summed E-state index contributed by atoms with van der Waals surface area (Å²) in [5.74, 6) is -0.486. The number of carboxylic acid groups (broad SMARTS) is 1. The van der Waals surface area contributed by atoms with Crippen molar-refractivity contribution in [2.45, 2.75) is 6.92 Å². The number of carboxylic acids is 1. The summed E-state index contributed by atoms with van der Waals surface area (Å²) >= 11 is 6.07. The molecule has 0 radical (unpaired) electrons. The lowest BCUT2D eigenvalue weighted by atomic mass is 10.0. The van der Waals surface area contributed by atoms with Gasteiger partial charge in [0.25, 0.3) is 0 Å². The van der Waals surface area contributed by atoms with Crippen molar-refractivity contribution in [3.63, 3.8) is 0 Å². The predicted octanol–water partition coefficient (Wildman–Crippen LogP) is 4.28. The zero-order valence-electron chi connectivity index (χ0n) is 11.8. The molecule has 0 aliphatic rings. The highest BCUT2D eigenvalue weighted by Gasteiger charge is 2.13. The standard InChI is InChI=1S/C17H15ClO3/c1-11-5-3-4-6-12(11)9-14(17(19)20)13-7-8-16(21-2)15(18)10-13/h3-10H,1-2H3,(H,19,20)/b14-9-. The average molecular weight is 303 g/mol. The van der Waals surface area contributed by atoms with Crippen molar-refractivity contribution in [3.05, 3.63) is 64.2 Å². The largest absolute Gasteiger partial charge is 0.495 e.